The average molecular weight is 251 g/mol. The first-order chi connectivity index (χ1) is 7.83. The largest absolute Gasteiger partial charge is 0.385 e. The highest BCUT2D eigenvalue weighted by atomic mass is 35.5. The molecule has 1 saturated heterocycles. The molecule has 0 amide bonds. The fourth-order valence-corrected chi connectivity index (χ4v) is 2.32. The maximum Gasteiger partial charge on any atom is 0.0534 e. The Balaban J connectivity index is 2.08. The van der Waals surface area contributed by atoms with Crippen LogP contribution in [0.3, 0.4) is 0 Å². The van der Waals surface area contributed by atoms with Crippen molar-refractivity contribution >= 4 is 11.6 Å². The van der Waals surface area contributed by atoms with Crippen LogP contribution in [0.5, 0.6) is 0 Å². The Kier molecular flexibility index (Phi) is 7.37. The highest BCUT2D eigenvalue weighted by Crippen LogP contribution is 2.33. The van der Waals surface area contributed by atoms with Crippen LogP contribution in [0, 0.1) is 5.41 Å². The zero-order valence-electron chi connectivity index (χ0n) is 10.2. The second-order valence-corrected chi connectivity index (χ2v) is 4.77. The van der Waals surface area contributed by atoms with Gasteiger partial charge < -0.3 is 14.2 Å². The van der Waals surface area contributed by atoms with E-state index in [1.54, 1.807) is 7.11 Å². The molecular formula is C12H23ClO3. The standard InChI is InChI=1S/C12H23ClO3/c1-14-6-3-8-15-9-5-12(10-13)4-2-7-16-11-12/h2-11H2,1H3. The van der Waals surface area contributed by atoms with Crippen molar-refractivity contribution in [3.05, 3.63) is 0 Å². The van der Waals surface area contributed by atoms with E-state index in [0.29, 0.717) is 5.88 Å². The predicted octanol–water partition coefficient (Wildman–Crippen LogP) is 2.47. The number of alkyl halides is 1. The quantitative estimate of drug-likeness (QED) is 0.489. The molecule has 1 heterocycles. The summed E-state index contributed by atoms with van der Waals surface area (Å²) in [5.41, 5.74) is 0.154. The first-order valence-corrected chi connectivity index (χ1v) is 6.57. The van der Waals surface area contributed by atoms with Crippen LogP contribution < -0.4 is 0 Å². The smallest absolute Gasteiger partial charge is 0.0534 e. The van der Waals surface area contributed by atoms with Crippen LogP contribution in [0.4, 0.5) is 0 Å². The lowest BCUT2D eigenvalue weighted by Crippen LogP contribution is -2.34. The number of halogens is 1. The topological polar surface area (TPSA) is 27.7 Å². The molecule has 0 aromatic rings. The minimum absolute atomic E-state index is 0.154. The number of ether oxygens (including phenoxy) is 3. The summed E-state index contributed by atoms with van der Waals surface area (Å²) in [7, 11) is 1.71. The lowest BCUT2D eigenvalue weighted by Gasteiger charge is -2.35. The van der Waals surface area contributed by atoms with Gasteiger partial charge in [-0.05, 0) is 25.7 Å². The summed E-state index contributed by atoms with van der Waals surface area (Å²) < 4.78 is 16.0. The monoisotopic (exact) mass is 250 g/mol. The van der Waals surface area contributed by atoms with E-state index in [2.05, 4.69) is 0 Å². The van der Waals surface area contributed by atoms with Crippen molar-refractivity contribution in [3.8, 4) is 0 Å². The summed E-state index contributed by atoms with van der Waals surface area (Å²) >= 11 is 6.04. The van der Waals surface area contributed by atoms with E-state index >= 15 is 0 Å². The van der Waals surface area contributed by atoms with E-state index < -0.39 is 0 Å². The Bertz CT molecular complexity index is 170. The molecule has 1 rings (SSSR count). The van der Waals surface area contributed by atoms with Gasteiger partial charge in [-0.25, -0.2) is 0 Å². The number of methoxy groups -OCH3 is 1. The molecule has 0 bridgehead atoms. The van der Waals surface area contributed by atoms with Gasteiger partial charge in [0.1, 0.15) is 0 Å². The van der Waals surface area contributed by atoms with Crippen LogP contribution in [0.2, 0.25) is 0 Å². The van der Waals surface area contributed by atoms with Gasteiger partial charge in [0.2, 0.25) is 0 Å². The third-order valence-corrected chi connectivity index (χ3v) is 3.67. The summed E-state index contributed by atoms with van der Waals surface area (Å²) in [5, 5.41) is 0. The molecule has 0 aliphatic carbocycles. The van der Waals surface area contributed by atoms with Crippen molar-refractivity contribution in [2.45, 2.75) is 25.7 Å². The summed E-state index contributed by atoms with van der Waals surface area (Å²) in [4.78, 5) is 0. The molecular weight excluding hydrogens is 228 g/mol. The van der Waals surface area contributed by atoms with Crippen LogP contribution >= 0.6 is 11.6 Å². The van der Waals surface area contributed by atoms with E-state index in [-0.39, 0.29) is 5.41 Å². The SMILES string of the molecule is COCCCOCCC1(CCl)CCCOC1. The molecule has 0 aromatic heterocycles. The van der Waals surface area contributed by atoms with E-state index in [9.17, 15) is 0 Å². The Morgan fingerprint density at radius 1 is 1.31 bits per heavy atom. The summed E-state index contributed by atoms with van der Waals surface area (Å²) in [6.07, 6.45) is 4.25. The number of hydrogen-bond donors (Lipinski definition) is 0. The molecule has 0 aromatic carbocycles. The predicted molar refractivity (Wildman–Crippen MR) is 65.1 cm³/mol. The molecule has 4 heteroatoms. The minimum Gasteiger partial charge on any atom is -0.385 e. The Labute approximate surface area is 103 Å². The fourth-order valence-electron chi connectivity index (χ4n) is 1.98. The summed E-state index contributed by atoms with van der Waals surface area (Å²) in [6.45, 7) is 3.99. The third-order valence-electron chi connectivity index (χ3n) is 3.10. The van der Waals surface area contributed by atoms with Gasteiger partial charge in [-0.15, -0.1) is 11.6 Å². The van der Waals surface area contributed by atoms with E-state index in [1.165, 1.54) is 0 Å². The van der Waals surface area contributed by atoms with E-state index in [4.69, 9.17) is 25.8 Å². The highest BCUT2D eigenvalue weighted by Gasteiger charge is 2.31. The minimum atomic E-state index is 0.154. The van der Waals surface area contributed by atoms with Gasteiger partial charge in [-0.2, -0.15) is 0 Å². The van der Waals surface area contributed by atoms with E-state index in [1.807, 2.05) is 0 Å². The van der Waals surface area contributed by atoms with Crippen molar-refractivity contribution in [2.75, 3.05) is 46.0 Å². The Morgan fingerprint density at radius 3 is 2.81 bits per heavy atom. The lowest BCUT2D eigenvalue weighted by molar-refractivity contribution is -0.0169. The highest BCUT2D eigenvalue weighted by molar-refractivity contribution is 6.18. The number of rotatable bonds is 8. The summed E-state index contributed by atoms with van der Waals surface area (Å²) in [6, 6.07) is 0. The van der Waals surface area contributed by atoms with Gasteiger partial charge in [0.15, 0.2) is 0 Å². The molecule has 0 N–H and O–H groups in total. The zero-order valence-corrected chi connectivity index (χ0v) is 10.9. The zero-order chi connectivity index (χ0) is 11.7. The van der Waals surface area contributed by atoms with Crippen molar-refractivity contribution in [2.24, 2.45) is 5.41 Å². The Hall–Kier alpha value is 0.170. The van der Waals surface area contributed by atoms with Gasteiger partial charge in [0, 0.05) is 44.8 Å². The molecule has 16 heavy (non-hydrogen) atoms. The van der Waals surface area contributed by atoms with Gasteiger partial charge in [-0.1, -0.05) is 0 Å². The van der Waals surface area contributed by atoms with Crippen LogP contribution in [-0.4, -0.2) is 46.0 Å². The van der Waals surface area contributed by atoms with E-state index in [0.717, 1.165) is 58.7 Å². The van der Waals surface area contributed by atoms with Crippen molar-refractivity contribution in [1.29, 1.82) is 0 Å². The summed E-state index contributed by atoms with van der Waals surface area (Å²) in [5.74, 6) is 0.675. The van der Waals surface area contributed by atoms with Crippen molar-refractivity contribution in [1.82, 2.24) is 0 Å². The van der Waals surface area contributed by atoms with Gasteiger partial charge in [0.25, 0.3) is 0 Å². The van der Waals surface area contributed by atoms with Gasteiger partial charge in [-0.3, -0.25) is 0 Å². The van der Waals surface area contributed by atoms with Crippen LogP contribution in [-0.2, 0) is 14.2 Å². The molecule has 1 aliphatic heterocycles. The first kappa shape index (κ1) is 14.2. The van der Waals surface area contributed by atoms with Crippen molar-refractivity contribution < 1.29 is 14.2 Å². The Morgan fingerprint density at radius 2 is 2.19 bits per heavy atom. The second-order valence-electron chi connectivity index (χ2n) is 4.50. The molecule has 3 nitrogen and oxygen atoms in total. The molecule has 0 radical (unpaired) electrons. The molecule has 96 valence electrons. The molecule has 0 saturated carbocycles. The molecule has 0 spiro atoms. The van der Waals surface area contributed by atoms with Gasteiger partial charge in [0.05, 0.1) is 6.61 Å². The fraction of sp³-hybridized carbons (Fsp3) is 1.00. The van der Waals surface area contributed by atoms with Crippen LogP contribution in [0.25, 0.3) is 0 Å². The molecule has 1 unspecified atom stereocenters. The third kappa shape index (κ3) is 5.00. The first-order valence-electron chi connectivity index (χ1n) is 6.03. The maximum atomic E-state index is 6.04. The number of hydrogen-bond acceptors (Lipinski definition) is 3. The molecule has 1 aliphatic rings. The maximum absolute atomic E-state index is 6.04. The second kappa shape index (κ2) is 8.29. The normalized spacial score (nSPS) is 25.9. The van der Waals surface area contributed by atoms with Crippen molar-refractivity contribution in [3.63, 3.8) is 0 Å². The lowest BCUT2D eigenvalue weighted by atomic mass is 9.82. The van der Waals surface area contributed by atoms with Crippen LogP contribution in [0.1, 0.15) is 25.7 Å². The molecule has 1 fully saturated rings. The average Bonchev–Trinajstić information content (AvgIpc) is 2.35. The van der Waals surface area contributed by atoms with Gasteiger partial charge >= 0.3 is 0 Å². The van der Waals surface area contributed by atoms with Crippen LogP contribution in [0.15, 0.2) is 0 Å². The molecule has 1 atom stereocenters.